The molecule has 2 aliphatic heterocycles. The van der Waals surface area contributed by atoms with Crippen LogP contribution in [0.1, 0.15) is 70.2 Å². The number of hydrogen-bond donors (Lipinski definition) is 1. The second-order valence-electron chi connectivity index (χ2n) is 13.1. The van der Waals surface area contributed by atoms with E-state index in [0.29, 0.717) is 22.9 Å². The van der Waals surface area contributed by atoms with Crippen molar-refractivity contribution >= 4 is 17.6 Å². The largest absolute Gasteiger partial charge is 0.451 e. The second-order valence-corrected chi connectivity index (χ2v) is 13.1. The van der Waals surface area contributed by atoms with Crippen molar-refractivity contribution in [2.75, 3.05) is 37.6 Å². The van der Waals surface area contributed by atoms with Crippen LogP contribution in [0.15, 0.2) is 43.4 Å². The van der Waals surface area contributed by atoms with Crippen LogP contribution in [0.25, 0.3) is 0 Å². The highest BCUT2D eigenvalue weighted by Gasteiger charge is 2.45. The van der Waals surface area contributed by atoms with Gasteiger partial charge in [0.1, 0.15) is 17.9 Å². The normalized spacial score (nSPS) is 20.3. The highest BCUT2D eigenvalue weighted by molar-refractivity contribution is 5.97. The highest BCUT2D eigenvalue weighted by atomic mass is 19.1. The number of nitrogens with zero attached hydrogens (tertiary/aromatic N) is 5. The molecule has 43 heavy (non-hydrogen) atoms. The fourth-order valence-corrected chi connectivity index (χ4v) is 7.22. The molecule has 1 aromatic carbocycles. The third-order valence-electron chi connectivity index (χ3n) is 9.20. The molecule has 1 N–H and O–H groups in total. The Morgan fingerprint density at radius 2 is 1.88 bits per heavy atom. The quantitative estimate of drug-likeness (QED) is 0.387. The van der Waals surface area contributed by atoms with Crippen molar-refractivity contribution < 1.29 is 18.7 Å². The van der Waals surface area contributed by atoms with Crippen molar-refractivity contribution in [2.24, 2.45) is 11.3 Å². The summed E-state index contributed by atoms with van der Waals surface area (Å²) in [6.07, 6.45) is 9.92. The molecule has 2 amide bonds. The SMILES string of the molecule is C=CC(=O)NC1CCC2(CC1)CN(C[C@@H]1CCN(c3ncncc3Oc3ccc(F)cc3C(=O)N(C(C)C)C(C)C)C1)C2. The average molecular weight is 593 g/mol. The standard InChI is InChI=1S/C33H45FN6O3/c1-6-30(41)37-26-9-12-33(13-10-26)19-38(20-33)17-24-11-14-39(18-24)31-29(16-35-21-36-31)43-28-8-7-25(34)15-27(28)32(42)40(22(2)3)23(4)5/h6-8,15-16,21-24,26H,1,9-14,17-20H2,2-5H3,(H,37,41)/t24-/m0/s1. The summed E-state index contributed by atoms with van der Waals surface area (Å²) in [4.78, 5) is 40.4. The molecule has 9 nitrogen and oxygen atoms in total. The van der Waals surface area contributed by atoms with Gasteiger partial charge in [0.05, 0.1) is 11.8 Å². The van der Waals surface area contributed by atoms with Crippen LogP contribution in [0.2, 0.25) is 0 Å². The number of hydrogen-bond acceptors (Lipinski definition) is 7. The van der Waals surface area contributed by atoms with Crippen molar-refractivity contribution in [2.45, 2.75) is 77.9 Å². The lowest BCUT2D eigenvalue weighted by molar-refractivity contribution is -0.118. The monoisotopic (exact) mass is 592 g/mol. The smallest absolute Gasteiger partial charge is 0.258 e. The van der Waals surface area contributed by atoms with E-state index >= 15 is 0 Å². The number of amides is 2. The Bertz CT molecular complexity index is 1310. The number of ether oxygens (including phenoxy) is 1. The fourth-order valence-electron chi connectivity index (χ4n) is 7.22. The van der Waals surface area contributed by atoms with Gasteiger partial charge in [-0.3, -0.25) is 9.59 Å². The number of rotatable bonds is 10. The van der Waals surface area contributed by atoms with Gasteiger partial charge < -0.3 is 24.8 Å². The molecule has 0 radical (unpaired) electrons. The molecule has 2 saturated heterocycles. The van der Waals surface area contributed by atoms with Crippen LogP contribution in [0.4, 0.5) is 10.2 Å². The van der Waals surface area contributed by atoms with E-state index in [4.69, 9.17) is 4.74 Å². The lowest BCUT2D eigenvalue weighted by atomic mass is 9.67. The Labute approximate surface area is 254 Å². The van der Waals surface area contributed by atoms with Gasteiger partial charge >= 0.3 is 0 Å². The van der Waals surface area contributed by atoms with E-state index in [9.17, 15) is 14.0 Å². The number of nitrogens with one attached hydrogen (secondary N) is 1. The topological polar surface area (TPSA) is 90.9 Å². The van der Waals surface area contributed by atoms with Crippen LogP contribution in [0.3, 0.4) is 0 Å². The van der Waals surface area contributed by atoms with Crippen LogP contribution in [0.5, 0.6) is 11.5 Å². The minimum absolute atomic E-state index is 0.0536. The van der Waals surface area contributed by atoms with Gasteiger partial charge in [-0.05, 0) is 95.4 Å². The zero-order valence-corrected chi connectivity index (χ0v) is 25.9. The Kier molecular flexibility index (Phi) is 9.34. The van der Waals surface area contributed by atoms with E-state index in [1.54, 1.807) is 11.1 Å². The van der Waals surface area contributed by atoms with Crippen molar-refractivity contribution in [1.82, 2.24) is 25.1 Å². The molecule has 1 atom stereocenters. The lowest BCUT2D eigenvalue weighted by Gasteiger charge is -2.54. The second kappa shape index (κ2) is 13.0. The summed E-state index contributed by atoms with van der Waals surface area (Å²) in [5, 5.41) is 3.06. The molecule has 0 unspecified atom stereocenters. The molecule has 5 rings (SSSR count). The van der Waals surface area contributed by atoms with Crippen molar-refractivity contribution in [3.05, 3.63) is 54.8 Å². The van der Waals surface area contributed by atoms with Crippen LogP contribution in [-0.4, -0.2) is 82.4 Å². The molecule has 0 bridgehead atoms. The predicted octanol–water partition coefficient (Wildman–Crippen LogP) is 5.04. The Balaban J connectivity index is 1.20. The summed E-state index contributed by atoms with van der Waals surface area (Å²) in [5.41, 5.74) is 0.576. The third-order valence-corrected chi connectivity index (χ3v) is 9.20. The van der Waals surface area contributed by atoms with E-state index in [1.807, 2.05) is 27.7 Å². The summed E-state index contributed by atoms with van der Waals surface area (Å²) in [6.45, 7) is 16.3. The molecule has 232 valence electrons. The molecular weight excluding hydrogens is 547 g/mol. The maximum atomic E-state index is 14.3. The summed E-state index contributed by atoms with van der Waals surface area (Å²) in [6, 6.07) is 4.22. The van der Waals surface area contributed by atoms with Gasteiger partial charge in [0.2, 0.25) is 5.91 Å². The lowest BCUT2D eigenvalue weighted by Crippen LogP contribution is -2.59. The number of halogens is 1. The maximum absolute atomic E-state index is 14.3. The van der Waals surface area contributed by atoms with Gasteiger partial charge in [0.15, 0.2) is 11.6 Å². The molecule has 1 saturated carbocycles. The number of carbonyl (C=O) groups excluding carboxylic acids is 2. The minimum atomic E-state index is -0.490. The first kappa shape index (κ1) is 30.9. The molecule has 1 aliphatic carbocycles. The van der Waals surface area contributed by atoms with Gasteiger partial charge in [0, 0.05) is 50.8 Å². The summed E-state index contributed by atoms with van der Waals surface area (Å²) in [7, 11) is 0. The molecule has 2 aromatic rings. The average Bonchev–Trinajstić information content (AvgIpc) is 3.42. The number of anilines is 1. The van der Waals surface area contributed by atoms with Crippen molar-refractivity contribution in [3.8, 4) is 11.5 Å². The van der Waals surface area contributed by atoms with Crippen LogP contribution in [-0.2, 0) is 4.79 Å². The summed E-state index contributed by atoms with van der Waals surface area (Å²) < 4.78 is 20.6. The molecule has 3 heterocycles. The summed E-state index contributed by atoms with van der Waals surface area (Å²) >= 11 is 0. The molecule has 3 aliphatic rings. The van der Waals surface area contributed by atoms with Crippen LogP contribution >= 0.6 is 0 Å². The first-order valence-corrected chi connectivity index (χ1v) is 15.6. The van der Waals surface area contributed by atoms with E-state index in [0.717, 1.165) is 64.8 Å². The first-order valence-electron chi connectivity index (χ1n) is 15.6. The van der Waals surface area contributed by atoms with Gasteiger partial charge in [-0.2, -0.15) is 0 Å². The molecular formula is C33H45FN6O3. The Hall–Kier alpha value is -3.53. The number of benzene rings is 1. The highest BCUT2D eigenvalue weighted by Crippen LogP contribution is 2.44. The van der Waals surface area contributed by atoms with E-state index < -0.39 is 5.82 Å². The van der Waals surface area contributed by atoms with Gasteiger partial charge in [0.25, 0.3) is 5.91 Å². The Morgan fingerprint density at radius 3 is 2.56 bits per heavy atom. The van der Waals surface area contributed by atoms with E-state index in [2.05, 4.69) is 31.7 Å². The summed E-state index contributed by atoms with van der Waals surface area (Å²) in [5.74, 6) is 1.09. The maximum Gasteiger partial charge on any atom is 0.258 e. The van der Waals surface area contributed by atoms with Crippen molar-refractivity contribution in [3.63, 3.8) is 0 Å². The van der Waals surface area contributed by atoms with Gasteiger partial charge in [-0.25, -0.2) is 14.4 Å². The third kappa shape index (κ3) is 7.00. The minimum Gasteiger partial charge on any atom is -0.451 e. The van der Waals surface area contributed by atoms with Crippen molar-refractivity contribution in [1.29, 1.82) is 0 Å². The predicted molar refractivity (Wildman–Crippen MR) is 165 cm³/mol. The van der Waals surface area contributed by atoms with Gasteiger partial charge in [-0.15, -0.1) is 0 Å². The number of aromatic nitrogens is 2. The zero-order valence-electron chi connectivity index (χ0n) is 25.9. The Morgan fingerprint density at radius 1 is 1.16 bits per heavy atom. The van der Waals surface area contributed by atoms with E-state index in [1.165, 1.54) is 30.6 Å². The van der Waals surface area contributed by atoms with Crippen LogP contribution in [0, 0.1) is 17.2 Å². The zero-order chi connectivity index (χ0) is 30.7. The molecule has 1 spiro atoms. The molecule has 10 heteroatoms. The van der Waals surface area contributed by atoms with Gasteiger partial charge in [-0.1, -0.05) is 6.58 Å². The first-order chi connectivity index (χ1) is 20.6. The molecule has 3 fully saturated rings. The number of likely N-dealkylation sites (tertiary alicyclic amines) is 1. The number of carbonyl (C=O) groups is 2. The van der Waals surface area contributed by atoms with E-state index in [-0.39, 0.29) is 41.3 Å². The van der Waals surface area contributed by atoms with Crippen LogP contribution < -0.4 is 15.0 Å². The molecule has 1 aromatic heterocycles. The fraction of sp³-hybridized carbons (Fsp3) is 0.576.